The molecule has 1 fully saturated rings. The Morgan fingerprint density at radius 2 is 1.89 bits per heavy atom. The number of alkyl halides is 2. The van der Waals surface area contributed by atoms with E-state index in [1.165, 1.54) is 6.92 Å². The van der Waals surface area contributed by atoms with E-state index in [0.29, 0.717) is 28.9 Å². The van der Waals surface area contributed by atoms with E-state index in [2.05, 4.69) is 31.0 Å². The summed E-state index contributed by atoms with van der Waals surface area (Å²) in [6, 6.07) is 9.49. The number of methoxy groups -OCH3 is 1. The quantitative estimate of drug-likeness (QED) is 0.245. The van der Waals surface area contributed by atoms with Crippen LogP contribution in [0.3, 0.4) is 0 Å². The Balaban J connectivity index is 1.42. The summed E-state index contributed by atoms with van der Waals surface area (Å²) in [5, 5.41) is 4.52. The molecular weight excluding hydrogens is 558 g/mol. The van der Waals surface area contributed by atoms with Gasteiger partial charge in [-0.25, -0.2) is 8.78 Å². The lowest BCUT2D eigenvalue weighted by Crippen LogP contribution is -2.50. The number of halogens is 2. The van der Waals surface area contributed by atoms with E-state index >= 15 is 0 Å². The monoisotopic (exact) mass is 604 g/mol. The maximum Gasteiger partial charge on any atom is 0.264 e. The normalized spacial score (nSPS) is 18.7. The molecule has 0 spiro atoms. The molecule has 1 saturated heterocycles. The van der Waals surface area contributed by atoms with Crippen molar-refractivity contribution < 1.29 is 23.1 Å². The molecule has 2 atom stereocenters. The highest BCUT2D eigenvalue weighted by Gasteiger charge is 2.33. The van der Waals surface area contributed by atoms with Crippen molar-refractivity contribution in [2.75, 3.05) is 26.7 Å². The van der Waals surface area contributed by atoms with E-state index < -0.39 is 18.4 Å². The molecule has 0 radical (unpaired) electrons. The molecule has 2 unspecified atom stereocenters. The summed E-state index contributed by atoms with van der Waals surface area (Å²) in [6.45, 7) is 14.3. The van der Waals surface area contributed by atoms with Gasteiger partial charge in [0.05, 0.1) is 13.7 Å². The zero-order valence-electron chi connectivity index (χ0n) is 26.9. The molecule has 2 aliphatic rings. The van der Waals surface area contributed by atoms with Gasteiger partial charge in [0.1, 0.15) is 5.75 Å². The third kappa shape index (κ3) is 7.66. The minimum absolute atomic E-state index is 0.0139. The van der Waals surface area contributed by atoms with Gasteiger partial charge in [0.15, 0.2) is 0 Å². The fourth-order valence-electron chi connectivity index (χ4n) is 6.04. The van der Waals surface area contributed by atoms with Gasteiger partial charge in [-0.15, -0.1) is 0 Å². The molecule has 5 nitrogen and oxygen atoms in total. The average Bonchev–Trinajstić information content (AvgIpc) is 3.13. The van der Waals surface area contributed by atoms with Crippen LogP contribution in [0, 0.1) is 31.6 Å². The number of likely N-dealkylation sites (tertiary alicyclic amines) is 1. The Labute approximate surface area is 260 Å². The second-order valence-corrected chi connectivity index (χ2v) is 12.6. The predicted molar refractivity (Wildman–Crippen MR) is 174 cm³/mol. The second-order valence-electron chi connectivity index (χ2n) is 12.6. The van der Waals surface area contributed by atoms with Crippen molar-refractivity contribution in [3.05, 3.63) is 80.7 Å². The summed E-state index contributed by atoms with van der Waals surface area (Å²) in [5.41, 5.74) is 4.64. The first-order chi connectivity index (χ1) is 20.8. The molecule has 0 saturated carbocycles. The first-order valence-electron chi connectivity index (χ1n) is 15.6. The van der Waals surface area contributed by atoms with Crippen LogP contribution in [0.25, 0.3) is 18.2 Å². The van der Waals surface area contributed by atoms with Gasteiger partial charge in [-0.05, 0) is 115 Å². The molecular formula is C37H46F2N2O3. The predicted octanol–water partition coefficient (Wildman–Crippen LogP) is 6.20. The average molecular weight is 605 g/mol. The van der Waals surface area contributed by atoms with E-state index in [0.717, 1.165) is 70.8 Å². The van der Waals surface area contributed by atoms with E-state index in [1.807, 2.05) is 56.0 Å². The van der Waals surface area contributed by atoms with Crippen molar-refractivity contribution in [3.63, 3.8) is 0 Å². The number of ether oxygens (including phenoxy) is 1. The molecule has 2 aromatic carbocycles. The number of amides is 2. The smallest absolute Gasteiger partial charge is 0.264 e. The molecule has 44 heavy (non-hydrogen) atoms. The van der Waals surface area contributed by atoms with Gasteiger partial charge in [0, 0.05) is 30.6 Å². The standard InChI is InChI=1S/C37H46F2N2O3/c1-8-37(38,39)22-40-35(42)32-16-14-28-11-9-24(4)29(19-34(28)26(32)6)12-10-27-20-41(21-27)36(43)33(23(2)3)18-30-13-15-31(44-7)17-25(30)5/h11,13-19,24,27,29H,2,8-10,12,20-22H2,1,3-7H3,(H,40,42). The topological polar surface area (TPSA) is 58.6 Å². The van der Waals surface area contributed by atoms with Crippen LogP contribution in [0.5, 0.6) is 5.75 Å². The van der Waals surface area contributed by atoms with Crippen LogP contribution in [-0.4, -0.2) is 49.4 Å². The molecule has 4 rings (SSSR count). The van der Waals surface area contributed by atoms with Crippen LogP contribution in [0.15, 0.2) is 48.1 Å². The lowest BCUT2D eigenvalue weighted by Gasteiger charge is -2.40. The van der Waals surface area contributed by atoms with Gasteiger partial charge in [-0.1, -0.05) is 44.7 Å². The summed E-state index contributed by atoms with van der Waals surface area (Å²) in [5.74, 6) is -1.43. The Morgan fingerprint density at radius 1 is 1.16 bits per heavy atom. The van der Waals surface area contributed by atoms with Crippen molar-refractivity contribution in [1.82, 2.24) is 10.2 Å². The molecule has 0 aromatic heterocycles. The highest BCUT2D eigenvalue weighted by Crippen LogP contribution is 2.31. The zero-order valence-corrected chi connectivity index (χ0v) is 26.9. The van der Waals surface area contributed by atoms with E-state index in [-0.39, 0.29) is 12.3 Å². The Morgan fingerprint density at radius 3 is 2.52 bits per heavy atom. The van der Waals surface area contributed by atoms with E-state index in [4.69, 9.17) is 4.74 Å². The highest BCUT2D eigenvalue weighted by atomic mass is 19.3. The Hall–Kier alpha value is -3.74. The summed E-state index contributed by atoms with van der Waals surface area (Å²) in [4.78, 5) is 28.1. The number of hydrogen-bond acceptors (Lipinski definition) is 3. The van der Waals surface area contributed by atoms with Gasteiger partial charge in [-0.2, -0.15) is 0 Å². The van der Waals surface area contributed by atoms with Crippen molar-refractivity contribution in [3.8, 4) is 5.75 Å². The SMILES string of the molecule is C=C(C)C(=Cc1ccc(OC)cc1C)C(=O)N1CC(CCC2C=c3c(C)c(C(=O)NCC(F)(F)CC)ccc3=CCC2C)C1. The van der Waals surface area contributed by atoms with Crippen LogP contribution < -0.4 is 20.5 Å². The molecule has 1 heterocycles. The molecule has 2 amide bonds. The number of carbonyl (C=O) groups is 2. The molecule has 1 aliphatic carbocycles. The maximum absolute atomic E-state index is 13.7. The van der Waals surface area contributed by atoms with E-state index in [1.54, 1.807) is 13.2 Å². The number of benzene rings is 2. The Kier molecular flexibility index (Phi) is 10.5. The molecule has 236 valence electrons. The van der Waals surface area contributed by atoms with Crippen LogP contribution in [0.2, 0.25) is 0 Å². The lowest BCUT2D eigenvalue weighted by molar-refractivity contribution is -0.133. The number of rotatable bonds is 11. The summed E-state index contributed by atoms with van der Waals surface area (Å²) in [7, 11) is 1.64. The largest absolute Gasteiger partial charge is 0.497 e. The molecule has 1 N–H and O–H groups in total. The van der Waals surface area contributed by atoms with Crippen molar-refractivity contribution >= 4 is 30.0 Å². The fourth-order valence-corrected chi connectivity index (χ4v) is 6.04. The molecule has 7 heteroatoms. The van der Waals surface area contributed by atoms with Crippen LogP contribution in [-0.2, 0) is 4.79 Å². The molecule has 1 aliphatic heterocycles. The van der Waals surface area contributed by atoms with Gasteiger partial charge < -0.3 is 15.0 Å². The minimum atomic E-state index is -2.92. The van der Waals surface area contributed by atoms with Gasteiger partial charge in [0.2, 0.25) is 0 Å². The summed E-state index contributed by atoms with van der Waals surface area (Å²) in [6.07, 6.45) is 9.01. The first-order valence-corrected chi connectivity index (χ1v) is 15.6. The number of fused-ring (bicyclic) bond motifs is 1. The number of aryl methyl sites for hydroxylation is 1. The third-order valence-corrected chi connectivity index (χ3v) is 9.26. The van der Waals surface area contributed by atoms with Crippen LogP contribution in [0.1, 0.15) is 73.5 Å². The fraction of sp³-hybridized carbons (Fsp3) is 0.459. The van der Waals surface area contributed by atoms with Crippen LogP contribution in [0.4, 0.5) is 8.78 Å². The number of hydrogen-bond donors (Lipinski definition) is 1. The summed E-state index contributed by atoms with van der Waals surface area (Å²) < 4.78 is 32.8. The number of nitrogens with one attached hydrogen (secondary N) is 1. The summed E-state index contributed by atoms with van der Waals surface area (Å²) >= 11 is 0. The second kappa shape index (κ2) is 13.9. The first kappa shape index (κ1) is 33.2. The molecule has 2 aromatic rings. The Bertz CT molecular complexity index is 1570. The zero-order chi connectivity index (χ0) is 32.2. The lowest BCUT2D eigenvalue weighted by atomic mass is 9.83. The van der Waals surface area contributed by atoms with Gasteiger partial charge in [-0.3, -0.25) is 9.59 Å². The van der Waals surface area contributed by atoms with Crippen molar-refractivity contribution in [2.24, 2.45) is 17.8 Å². The molecule has 0 bridgehead atoms. The maximum atomic E-state index is 13.7. The number of nitrogens with zero attached hydrogens (tertiary/aromatic N) is 1. The van der Waals surface area contributed by atoms with Gasteiger partial charge >= 0.3 is 0 Å². The number of carbonyl (C=O) groups excluding carboxylic acids is 2. The van der Waals surface area contributed by atoms with Crippen molar-refractivity contribution in [2.45, 2.75) is 66.2 Å². The van der Waals surface area contributed by atoms with Gasteiger partial charge in [0.25, 0.3) is 17.7 Å². The van der Waals surface area contributed by atoms with Crippen molar-refractivity contribution in [1.29, 1.82) is 0 Å². The third-order valence-electron chi connectivity index (χ3n) is 9.26. The van der Waals surface area contributed by atoms with E-state index in [9.17, 15) is 18.4 Å². The highest BCUT2D eigenvalue weighted by molar-refractivity contribution is 6.02. The minimum Gasteiger partial charge on any atom is -0.497 e. The van der Waals surface area contributed by atoms with Crippen LogP contribution >= 0.6 is 0 Å².